The molecule has 1 aromatic heterocycles. The Labute approximate surface area is 165 Å². The average Bonchev–Trinajstić information content (AvgIpc) is 3.34. The third-order valence-corrected chi connectivity index (χ3v) is 5.26. The molecule has 1 unspecified atom stereocenters. The van der Waals surface area contributed by atoms with Crippen molar-refractivity contribution in [3.05, 3.63) is 65.5 Å². The molecule has 0 saturated carbocycles. The lowest BCUT2D eigenvalue weighted by Crippen LogP contribution is -2.24. The molecule has 0 radical (unpaired) electrons. The van der Waals surface area contributed by atoms with E-state index in [1.807, 2.05) is 48.2 Å². The second kappa shape index (κ2) is 7.97. The number of unbranched alkanes of at least 4 members (excludes halogenated alkanes) is 1. The van der Waals surface area contributed by atoms with Crippen molar-refractivity contribution in [2.24, 2.45) is 0 Å². The van der Waals surface area contributed by atoms with Crippen LogP contribution < -0.4 is 4.90 Å². The number of rotatable bonds is 6. The second-order valence-corrected chi connectivity index (χ2v) is 7.50. The van der Waals surface area contributed by atoms with E-state index in [4.69, 9.17) is 4.52 Å². The Kier molecular flexibility index (Phi) is 5.24. The molecule has 4 rings (SSSR count). The highest BCUT2D eigenvalue weighted by Crippen LogP contribution is 2.32. The Morgan fingerprint density at radius 1 is 1.18 bits per heavy atom. The molecular formula is C23H25N3O2. The highest BCUT2D eigenvalue weighted by atomic mass is 16.5. The van der Waals surface area contributed by atoms with Gasteiger partial charge in [0.2, 0.25) is 17.6 Å². The number of carbonyl (C=O) groups excluding carboxylic acids is 1. The summed E-state index contributed by atoms with van der Waals surface area (Å²) in [6.07, 6.45) is 3.84. The number of hydrogen-bond donors (Lipinski definition) is 0. The summed E-state index contributed by atoms with van der Waals surface area (Å²) >= 11 is 0. The molecule has 2 aromatic carbocycles. The molecule has 1 saturated heterocycles. The van der Waals surface area contributed by atoms with Gasteiger partial charge in [0.1, 0.15) is 0 Å². The van der Waals surface area contributed by atoms with Crippen LogP contribution >= 0.6 is 0 Å². The second-order valence-electron chi connectivity index (χ2n) is 7.50. The maximum absolute atomic E-state index is 12.6. The zero-order valence-corrected chi connectivity index (χ0v) is 16.4. The van der Waals surface area contributed by atoms with Crippen LogP contribution in [0.25, 0.3) is 11.4 Å². The number of benzene rings is 2. The number of carbonyl (C=O) groups is 1. The summed E-state index contributed by atoms with van der Waals surface area (Å²) < 4.78 is 5.50. The number of nitrogens with zero attached hydrogens (tertiary/aromatic N) is 3. The molecule has 0 bridgehead atoms. The maximum Gasteiger partial charge on any atom is 0.232 e. The summed E-state index contributed by atoms with van der Waals surface area (Å²) in [4.78, 5) is 19.0. The summed E-state index contributed by atoms with van der Waals surface area (Å²) in [6, 6.07) is 16.3. The van der Waals surface area contributed by atoms with Gasteiger partial charge < -0.3 is 9.42 Å². The van der Waals surface area contributed by atoms with Crippen LogP contribution in [0, 0.1) is 6.92 Å². The molecule has 28 heavy (non-hydrogen) atoms. The number of aryl methyl sites for hydroxylation is 2. The van der Waals surface area contributed by atoms with Crippen LogP contribution in [-0.4, -0.2) is 22.6 Å². The van der Waals surface area contributed by atoms with Crippen LogP contribution in [0.3, 0.4) is 0 Å². The Hall–Kier alpha value is -2.95. The molecule has 0 aliphatic carbocycles. The lowest BCUT2D eigenvalue weighted by atomic mass is 10.1. The van der Waals surface area contributed by atoms with E-state index in [9.17, 15) is 4.79 Å². The standard InChI is InChI=1S/C23H25N3O2/c1-3-4-7-17-9-11-20(12-10-17)26-15-19(14-21(26)27)23-24-22(25-28-23)18-8-5-6-16(2)13-18/h5-6,8-13,19H,3-4,7,14-15H2,1-2H3. The minimum atomic E-state index is -0.0710. The molecule has 1 amide bonds. The molecule has 3 aromatic rings. The normalized spacial score (nSPS) is 16.7. The molecule has 0 N–H and O–H groups in total. The topological polar surface area (TPSA) is 59.2 Å². The summed E-state index contributed by atoms with van der Waals surface area (Å²) in [6.45, 7) is 4.80. The highest BCUT2D eigenvalue weighted by Gasteiger charge is 2.35. The summed E-state index contributed by atoms with van der Waals surface area (Å²) in [7, 11) is 0. The van der Waals surface area contributed by atoms with Gasteiger partial charge in [-0.2, -0.15) is 4.98 Å². The van der Waals surface area contributed by atoms with Gasteiger partial charge in [-0.1, -0.05) is 54.4 Å². The summed E-state index contributed by atoms with van der Waals surface area (Å²) in [5.41, 5.74) is 4.33. The first-order valence-electron chi connectivity index (χ1n) is 9.94. The smallest absolute Gasteiger partial charge is 0.232 e. The van der Waals surface area contributed by atoms with E-state index >= 15 is 0 Å². The first kappa shape index (κ1) is 18.4. The molecule has 144 valence electrons. The number of hydrogen-bond acceptors (Lipinski definition) is 4. The monoisotopic (exact) mass is 375 g/mol. The van der Waals surface area contributed by atoms with Crippen molar-refractivity contribution in [2.45, 2.75) is 45.4 Å². The first-order chi connectivity index (χ1) is 13.6. The van der Waals surface area contributed by atoms with Gasteiger partial charge in [0.15, 0.2) is 0 Å². The van der Waals surface area contributed by atoms with Gasteiger partial charge in [0.05, 0.1) is 5.92 Å². The minimum Gasteiger partial charge on any atom is -0.339 e. The van der Waals surface area contributed by atoms with Crippen LogP contribution in [0.1, 0.15) is 49.1 Å². The molecule has 0 spiro atoms. The maximum atomic E-state index is 12.6. The van der Waals surface area contributed by atoms with E-state index in [-0.39, 0.29) is 11.8 Å². The van der Waals surface area contributed by atoms with Crippen LogP contribution in [0.5, 0.6) is 0 Å². The van der Waals surface area contributed by atoms with Crippen molar-refractivity contribution >= 4 is 11.6 Å². The predicted molar refractivity (Wildman–Crippen MR) is 109 cm³/mol. The fourth-order valence-corrected chi connectivity index (χ4v) is 3.65. The van der Waals surface area contributed by atoms with Crippen LogP contribution in [-0.2, 0) is 11.2 Å². The largest absolute Gasteiger partial charge is 0.339 e. The summed E-state index contributed by atoms with van der Waals surface area (Å²) in [5.74, 6) is 1.14. The van der Waals surface area contributed by atoms with E-state index < -0.39 is 0 Å². The zero-order valence-electron chi connectivity index (χ0n) is 16.4. The molecule has 5 nitrogen and oxygen atoms in total. The molecular weight excluding hydrogens is 350 g/mol. The zero-order chi connectivity index (χ0) is 19.5. The van der Waals surface area contributed by atoms with Gasteiger partial charge >= 0.3 is 0 Å². The Morgan fingerprint density at radius 3 is 2.75 bits per heavy atom. The molecule has 1 atom stereocenters. The highest BCUT2D eigenvalue weighted by molar-refractivity contribution is 5.96. The predicted octanol–water partition coefficient (Wildman–Crippen LogP) is 4.91. The Morgan fingerprint density at radius 2 is 2.00 bits per heavy atom. The average molecular weight is 375 g/mol. The molecule has 1 aliphatic heterocycles. The van der Waals surface area contributed by atoms with Gasteiger partial charge in [0, 0.05) is 24.2 Å². The van der Waals surface area contributed by atoms with Crippen molar-refractivity contribution < 1.29 is 9.32 Å². The lowest BCUT2D eigenvalue weighted by molar-refractivity contribution is -0.117. The fraction of sp³-hybridized carbons (Fsp3) is 0.348. The molecule has 5 heteroatoms. The van der Waals surface area contributed by atoms with E-state index in [1.165, 1.54) is 18.4 Å². The van der Waals surface area contributed by atoms with E-state index in [1.54, 1.807) is 0 Å². The van der Waals surface area contributed by atoms with Crippen molar-refractivity contribution in [3.63, 3.8) is 0 Å². The molecule has 1 aliphatic rings. The van der Waals surface area contributed by atoms with E-state index in [0.717, 1.165) is 23.2 Å². The summed E-state index contributed by atoms with van der Waals surface area (Å²) in [5, 5.41) is 4.12. The number of amides is 1. The van der Waals surface area contributed by atoms with Crippen molar-refractivity contribution in [2.75, 3.05) is 11.4 Å². The molecule has 1 fully saturated rings. The molecule has 2 heterocycles. The van der Waals surface area contributed by atoms with Gasteiger partial charge in [0.25, 0.3) is 0 Å². The minimum absolute atomic E-state index is 0.0710. The number of anilines is 1. The first-order valence-corrected chi connectivity index (χ1v) is 9.94. The SMILES string of the molecule is CCCCc1ccc(N2CC(c3nc(-c4cccc(C)c4)no3)CC2=O)cc1. The van der Waals surface area contributed by atoms with Crippen LogP contribution in [0.2, 0.25) is 0 Å². The Bertz CT molecular complexity index is 962. The van der Waals surface area contributed by atoms with E-state index in [2.05, 4.69) is 29.2 Å². The van der Waals surface area contributed by atoms with Gasteiger partial charge in [-0.15, -0.1) is 0 Å². The number of aromatic nitrogens is 2. The van der Waals surface area contributed by atoms with Crippen LogP contribution in [0.15, 0.2) is 53.1 Å². The third kappa shape index (κ3) is 3.84. The third-order valence-electron chi connectivity index (χ3n) is 5.26. The quantitative estimate of drug-likeness (QED) is 0.614. The van der Waals surface area contributed by atoms with Gasteiger partial charge in [-0.05, 0) is 43.5 Å². The van der Waals surface area contributed by atoms with Crippen LogP contribution in [0.4, 0.5) is 5.69 Å². The Balaban J connectivity index is 1.48. The van der Waals surface area contributed by atoms with E-state index in [0.29, 0.717) is 24.7 Å². The van der Waals surface area contributed by atoms with Crippen molar-refractivity contribution in [1.82, 2.24) is 10.1 Å². The fourth-order valence-electron chi connectivity index (χ4n) is 3.65. The van der Waals surface area contributed by atoms with Gasteiger partial charge in [-0.25, -0.2) is 0 Å². The van der Waals surface area contributed by atoms with Gasteiger partial charge in [-0.3, -0.25) is 4.79 Å². The lowest BCUT2D eigenvalue weighted by Gasteiger charge is -2.16. The van der Waals surface area contributed by atoms with Crippen molar-refractivity contribution in [3.8, 4) is 11.4 Å². The van der Waals surface area contributed by atoms with Crippen molar-refractivity contribution in [1.29, 1.82) is 0 Å².